The third-order valence-electron chi connectivity index (χ3n) is 7.16. The van der Waals surface area contributed by atoms with Gasteiger partial charge in [0.1, 0.15) is 11.9 Å². The third-order valence-corrected chi connectivity index (χ3v) is 7.16. The Balaban J connectivity index is 1.43. The summed E-state index contributed by atoms with van der Waals surface area (Å²) in [5, 5.41) is 2.36. The van der Waals surface area contributed by atoms with Crippen LogP contribution in [0.5, 0.6) is 0 Å². The Morgan fingerprint density at radius 3 is 2.27 bits per heavy atom. The number of benzene rings is 3. The molecule has 3 aromatic carbocycles. The molecule has 37 heavy (non-hydrogen) atoms. The minimum Gasteiger partial charge on any atom is -0.324 e. The zero-order valence-corrected chi connectivity index (χ0v) is 20.5. The number of carbonyl (C=O) groups excluding carboxylic acids is 3. The highest BCUT2D eigenvalue weighted by Crippen LogP contribution is 2.37. The topological polar surface area (TPSA) is 84.3 Å². The fourth-order valence-corrected chi connectivity index (χ4v) is 5.38. The predicted octanol–water partition coefficient (Wildman–Crippen LogP) is 4.67. The molecule has 7 nitrogen and oxygen atoms in total. The molecular formula is C30H26N4O3. The molecule has 0 bridgehead atoms. The van der Waals surface area contributed by atoms with Gasteiger partial charge in [-0.1, -0.05) is 66.7 Å². The van der Waals surface area contributed by atoms with E-state index in [1.54, 1.807) is 4.90 Å². The molecule has 1 fully saturated rings. The number of nitrogens with one attached hydrogen (secondary N) is 1. The number of amides is 3. The van der Waals surface area contributed by atoms with Crippen LogP contribution in [0.25, 0.3) is 33.9 Å². The second kappa shape index (κ2) is 9.17. The van der Waals surface area contributed by atoms with E-state index in [1.807, 2.05) is 54.6 Å². The highest BCUT2D eigenvalue weighted by atomic mass is 16.2. The van der Waals surface area contributed by atoms with E-state index in [-0.39, 0.29) is 18.2 Å². The lowest BCUT2D eigenvalue weighted by atomic mass is 10.0. The number of piperidine rings is 1. The van der Waals surface area contributed by atoms with E-state index in [0.29, 0.717) is 18.5 Å². The van der Waals surface area contributed by atoms with Crippen LogP contribution in [0, 0.1) is 0 Å². The van der Waals surface area contributed by atoms with Crippen molar-refractivity contribution in [1.29, 1.82) is 0 Å². The van der Waals surface area contributed by atoms with Gasteiger partial charge in [0.15, 0.2) is 0 Å². The van der Waals surface area contributed by atoms with Crippen LogP contribution >= 0.6 is 0 Å². The molecule has 1 atom stereocenters. The normalized spacial score (nSPS) is 17.2. The van der Waals surface area contributed by atoms with Crippen molar-refractivity contribution in [3.05, 3.63) is 90.0 Å². The van der Waals surface area contributed by atoms with Crippen LogP contribution in [0.1, 0.15) is 35.7 Å². The summed E-state index contributed by atoms with van der Waals surface area (Å²) in [6.45, 7) is 3.16. The summed E-state index contributed by atoms with van der Waals surface area (Å²) in [7, 11) is 0. The number of imide groups is 1. The number of carbonyl (C=O) groups is 3. The fourth-order valence-electron chi connectivity index (χ4n) is 5.38. The third kappa shape index (κ3) is 3.93. The Morgan fingerprint density at radius 1 is 0.892 bits per heavy atom. The van der Waals surface area contributed by atoms with Gasteiger partial charge >= 0.3 is 0 Å². The summed E-state index contributed by atoms with van der Waals surface area (Å²) in [5.74, 6) is -0.0403. The summed E-state index contributed by atoms with van der Waals surface area (Å²) in [6, 6.07) is 25.6. The summed E-state index contributed by atoms with van der Waals surface area (Å²) in [6.07, 6.45) is 0.582. The lowest BCUT2D eigenvalue weighted by molar-refractivity contribution is -0.136. The van der Waals surface area contributed by atoms with Crippen molar-refractivity contribution in [2.75, 3.05) is 0 Å². The smallest absolute Gasteiger partial charge is 0.255 e. The number of rotatable bonds is 5. The van der Waals surface area contributed by atoms with Crippen LogP contribution < -0.4 is 5.32 Å². The Bertz CT molecular complexity index is 1530. The van der Waals surface area contributed by atoms with Gasteiger partial charge in [0.2, 0.25) is 11.8 Å². The van der Waals surface area contributed by atoms with Gasteiger partial charge in [-0.25, -0.2) is 4.98 Å². The summed E-state index contributed by atoms with van der Waals surface area (Å²) >= 11 is 0. The summed E-state index contributed by atoms with van der Waals surface area (Å²) in [4.78, 5) is 43.9. The van der Waals surface area contributed by atoms with E-state index in [9.17, 15) is 14.4 Å². The first kappa shape index (κ1) is 22.9. The van der Waals surface area contributed by atoms with E-state index in [1.165, 1.54) is 0 Å². The second-order valence-electron chi connectivity index (χ2n) is 9.38. The maximum absolute atomic E-state index is 13.2. The molecule has 1 unspecified atom stereocenters. The van der Waals surface area contributed by atoms with Gasteiger partial charge in [-0.15, -0.1) is 0 Å². The molecule has 2 aliphatic heterocycles. The Hall–Kier alpha value is -4.52. The molecule has 0 aliphatic carbocycles. The van der Waals surface area contributed by atoms with Gasteiger partial charge in [-0.05, 0) is 31.0 Å². The molecule has 1 saturated heterocycles. The number of aromatic nitrogens is 2. The van der Waals surface area contributed by atoms with Gasteiger partial charge < -0.3 is 9.47 Å². The van der Waals surface area contributed by atoms with Crippen LogP contribution in [-0.2, 0) is 22.7 Å². The van der Waals surface area contributed by atoms with Crippen LogP contribution in [0.4, 0.5) is 0 Å². The van der Waals surface area contributed by atoms with E-state index in [2.05, 4.69) is 41.1 Å². The second-order valence-corrected chi connectivity index (χ2v) is 9.38. The Kier molecular flexibility index (Phi) is 5.68. The molecular weight excluding hydrogens is 464 g/mol. The van der Waals surface area contributed by atoms with E-state index >= 15 is 0 Å². The molecule has 3 heterocycles. The molecule has 0 saturated carbocycles. The Morgan fingerprint density at radius 2 is 1.59 bits per heavy atom. The fraction of sp³-hybridized carbons (Fsp3) is 0.200. The lowest BCUT2D eigenvalue weighted by Gasteiger charge is -2.29. The van der Waals surface area contributed by atoms with Gasteiger partial charge in [0.05, 0.1) is 11.4 Å². The maximum Gasteiger partial charge on any atom is 0.255 e. The summed E-state index contributed by atoms with van der Waals surface area (Å²) < 4.78 is 2.22. The van der Waals surface area contributed by atoms with Gasteiger partial charge in [-0.3, -0.25) is 19.7 Å². The molecule has 6 rings (SSSR count). The standard InChI is InChI=1S/C30H26N4O3/c1-2-33-27(20-11-7-4-8-12-20)26(19-9-5-3-6-10-19)32-28(33)21-13-14-23-22(17-21)18-34(30(23)37)24-15-16-25(35)31-29(24)36/h3-14,17,24H,2,15-16,18H2,1H3,(H,31,35,36). The minimum atomic E-state index is -0.631. The first-order valence-electron chi connectivity index (χ1n) is 12.5. The van der Waals surface area contributed by atoms with Gasteiger partial charge in [-0.2, -0.15) is 0 Å². The molecule has 0 spiro atoms. The van der Waals surface area contributed by atoms with Crippen molar-refractivity contribution in [2.45, 2.75) is 38.9 Å². The predicted molar refractivity (Wildman–Crippen MR) is 140 cm³/mol. The first-order valence-corrected chi connectivity index (χ1v) is 12.5. The molecule has 2 aliphatic rings. The largest absolute Gasteiger partial charge is 0.324 e. The molecule has 3 amide bonds. The number of fused-ring (bicyclic) bond motifs is 1. The van der Waals surface area contributed by atoms with E-state index < -0.39 is 11.9 Å². The van der Waals surface area contributed by atoms with Crippen molar-refractivity contribution in [3.8, 4) is 33.9 Å². The highest BCUT2D eigenvalue weighted by molar-refractivity contribution is 6.05. The zero-order valence-electron chi connectivity index (χ0n) is 20.5. The van der Waals surface area contributed by atoms with E-state index in [4.69, 9.17) is 4.98 Å². The monoisotopic (exact) mass is 490 g/mol. The average molecular weight is 491 g/mol. The number of imidazole rings is 1. The first-order chi connectivity index (χ1) is 18.0. The SMILES string of the molecule is CCn1c(-c2ccc3c(c2)CN(C2CCC(=O)NC2=O)C3=O)nc(-c2ccccc2)c1-c1ccccc1. The van der Waals surface area contributed by atoms with Crippen molar-refractivity contribution >= 4 is 17.7 Å². The Labute approximate surface area is 214 Å². The van der Waals surface area contributed by atoms with Crippen molar-refractivity contribution < 1.29 is 14.4 Å². The van der Waals surface area contributed by atoms with E-state index in [0.717, 1.165) is 46.0 Å². The highest BCUT2D eigenvalue weighted by Gasteiger charge is 2.39. The zero-order chi connectivity index (χ0) is 25.5. The molecule has 184 valence electrons. The maximum atomic E-state index is 13.2. The van der Waals surface area contributed by atoms with Crippen LogP contribution in [-0.4, -0.2) is 38.2 Å². The molecule has 1 aromatic heterocycles. The van der Waals surface area contributed by atoms with Crippen molar-refractivity contribution in [3.63, 3.8) is 0 Å². The minimum absolute atomic E-state index is 0.176. The van der Waals surface area contributed by atoms with Crippen LogP contribution in [0.3, 0.4) is 0 Å². The number of hydrogen-bond acceptors (Lipinski definition) is 4. The number of hydrogen-bond donors (Lipinski definition) is 1. The molecule has 4 aromatic rings. The van der Waals surface area contributed by atoms with Crippen molar-refractivity contribution in [2.24, 2.45) is 0 Å². The molecule has 0 radical (unpaired) electrons. The van der Waals surface area contributed by atoms with Crippen molar-refractivity contribution in [1.82, 2.24) is 19.8 Å². The quantitative estimate of drug-likeness (QED) is 0.412. The number of nitrogens with zero attached hydrogens (tertiary/aromatic N) is 3. The average Bonchev–Trinajstić information content (AvgIpc) is 3.47. The van der Waals surface area contributed by atoms with Crippen LogP contribution in [0.2, 0.25) is 0 Å². The van der Waals surface area contributed by atoms with Crippen LogP contribution in [0.15, 0.2) is 78.9 Å². The lowest BCUT2D eigenvalue weighted by Crippen LogP contribution is -2.52. The molecule has 1 N–H and O–H groups in total. The molecule has 7 heteroatoms. The summed E-state index contributed by atoms with van der Waals surface area (Å²) in [5.41, 5.74) is 6.45. The van der Waals surface area contributed by atoms with Gasteiger partial charge in [0, 0.05) is 41.8 Å². The van der Waals surface area contributed by atoms with Gasteiger partial charge in [0.25, 0.3) is 5.91 Å².